The van der Waals surface area contributed by atoms with Gasteiger partial charge in [-0.25, -0.2) is 0 Å². The summed E-state index contributed by atoms with van der Waals surface area (Å²) >= 11 is 6.46. The SMILES string of the molecule is CC1=CC=CN([Si](C)(C)C(C)(C)C)B1Cl. The van der Waals surface area contributed by atoms with Crippen LogP contribution < -0.4 is 0 Å². The highest BCUT2D eigenvalue weighted by Gasteiger charge is 2.44. The maximum Gasteiger partial charge on any atom is 0.382 e. The van der Waals surface area contributed by atoms with Gasteiger partial charge < -0.3 is 4.48 Å². The molecule has 0 aromatic heterocycles. The lowest BCUT2D eigenvalue weighted by Crippen LogP contribution is -2.57. The van der Waals surface area contributed by atoms with Crippen molar-refractivity contribution in [1.82, 2.24) is 4.48 Å². The van der Waals surface area contributed by atoms with Gasteiger partial charge in [-0.15, -0.1) is 0 Å². The Balaban J connectivity index is 3.00. The number of halogens is 1. The second-order valence-corrected chi connectivity index (χ2v) is 11.4. The second kappa shape index (κ2) is 4.02. The maximum atomic E-state index is 6.46. The van der Waals surface area contributed by atoms with Crippen LogP contribution in [0.5, 0.6) is 0 Å². The van der Waals surface area contributed by atoms with Crippen LogP contribution in [0.4, 0.5) is 0 Å². The van der Waals surface area contributed by atoms with E-state index in [4.69, 9.17) is 11.5 Å². The second-order valence-electron chi connectivity index (χ2n) is 5.80. The Hall–Kier alpha value is -0.148. The van der Waals surface area contributed by atoms with Gasteiger partial charge >= 0.3 is 6.26 Å². The third-order valence-corrected chi connectivity index (χ3v) is 9.79. The van der Waals surface area contributed by atoms with Crippen molar-refractivity contribution >= 4 is 26.0 Å². The molecule has 0 spiro atoms. The van der Waals surface area contributed by atoms with E-state index in [1.54, 1.807) is 0 Å². The molecule has 0 unspecified atom stereocenters. The van der Waals surface area contributed by atoms with Crippen molar-refractivity contribution in [2.75, 3.05) is 0 Å². The molecular formula is C11H21BClNSi. The molecule has 1 rings (SSSR count). The summed E-state index contributed by atoms with van der Waals surface area (Å²) in [7, 11) is -1.54. The topological polar surface area (TPSA) is 3.24 Å². The summed E-state index contributed by atoms with van der Waals surface area (Å²) in [6.07, 6.45) is 6.40. The highest BCUT2D eigenvalue weighted by atomic mass is 35.5. The van der Waals surface area contributed by atoms with Crippen LogP contribution in [-0.4, -0.2) is 19.0 Å². The summed E-state index contributed by atoms with van der Waals surface area (Å²) in [6.45, 7) is 13.8. The minimum Gasteiger partial charge on any atom is -0.431 e. The Morgan fingerprint density at radius 1 is 1.33 bits per heavy atom. The van der Waals surface area contributed by atoms with Gasteiger partial charge in [0.1, 0.15) is 8.24 Å². The van der Waals surface area contributed by atoms with Crippen molar-refractivity contribution in [3.8, 4) is 0 Å². The molecule has 0 aromatic carbocycles. The Morgan fingerprint density at radius 3 is 2.33 bits per heavy atom. The van der Waals surface area contributed by atoms with Gasteiger partial charge in [-0.3, -0.25) is 0 Å². The number of hydrogen-bond donors (Lipinski definition) is 0. The largest absolute Gasteiger partial charge is 0.431 e. The van der Waals surface area contributed by atoms with E-state index in [9.17, 15) is 0 Å². The van der Waals surface area contributed by atoms with Crippen LogP contribution in [-0.2, 0) is 0 Å². The van der Waals surface area contributed by atoms with E-state index in [0.717, 1.165) is 0 Å². The molecule has 0 aromatic rings. The van der Waals surface area contributed by atoms with Crippen LogP contribution in [0, 0.1) is 0 Å². The van der Waals surface area contributed by atoms with E-state index in [0.29, 0.717) is 5.04 Å². The fraction of sp³-hybridized carbons (Fsp3) is 0.636. The molecule has 0 saturated heterocycles. The summed E-state index contributed by atoms with van der Waals surface area (Å²) in [5.41, 5.74) is 1.24. The Kier molecular flexibility index (Phi) is 3.46. The van der Waals surface area contributed by atoms with Gasteiger partial charge in [0.25, 0.3) is 0 Å². The molecule has 4 heteroatoms. The minimum absolute atomic E-state index is 0.0379. The Bertz CT molecular complexity index is 304. The third kappa shape index (κ3) is 2.34. The van der Waals surface area contributed by atoms with Gasteiger partial charge in [0, 0.05) is 0 Å². The van der Waals surface area contributed by atoms with Crippen LogP contribution in [0.25, 0.3) is 0 Å². The van der Waals surface area contributed by atoms with E-state index in [1.165, 1.54) is 5.47 Å². The monoisotopic (exact) mass is 241 g/mol. The van der Waals surface area contributed by atoms with Crippen molar-refractivity contribution in [2.45, 2.75) is 45.8 Å². The average Bonchev–Trinajstić information content (AvgIpc) is 2.07. The predicted molar refractivity (Wildman–Crippen MR) is 73.5 cm³/mol. The number of rotatable bonds is 1. The summed E-state index contributed by atoms with van der Waals surface area (Å²) in [6, 6.07) is 0. The molecule has 0 aliphatic carbocycles. The van der Waals surface area contributed by atoms with Crippen LogP contribution in [0.1, 0.15) is 27.7 Å². The van der Waals surface area contributed by atoms with E-state index in [2.05, 4.69) is 63.6 Å². The van der Waals surface area contributed by atoms with E-state index < -0.39 is 8.24 Å². The lowest BCUT2D eigenvalue weighted by Gasteiger charge is -2.48. The molecule has 1 aliphatic rings. The molecule has 1 aliphatic heterocycles. The Morgan fingerprint density at radius 2 is 1.87 bits per heavy atom. The number of hydrogen-bond acceptors (Lipinski definition) is 1. The zero-order valence-electron chi connectivity index (χ0n) is 10.6. The quantitative estimate of drug-likeness (QED) is 0.627. The van der Waals surface area contributed by atoms with E-state index in [-0.39, 0.29) is 6.26 Å². The lowest BCUT2D eigenvalue weighted by atomic mass is 9.80. The van der Waals surface area contributed by atoms with E-state index >= 15 is 0 Å². The van der Waals surface area contributed by atoms with Crippen LogP contribution >= 0.6 is 11.5 Å². The van der Waals surface area contributed by atoms with Crippen LogP contribution in [0.2, 0.25) is 18.1 Å². The first-order chi connectivity index (χ1) is 6.68. The van der Waals surface area contributed by atoms with Gasteiger partial charge in [0.15, 0.2) is 0 Å². The molecule has 0 bridgehead atoms. The summed E-state index contributed by atoms with van der Waals surface area (Å²) in [4.78, 5) is 0. The number of allylic oxidation sites excluding steroid dienone is 3. The fourth-order valence-corrected chi connectivity index (χ4v) is 4.39. The van der Waals surface area contributed by atoms with E-state index in [1.807, 2.05) is 0 Å². The van der Waals surface area contributed by atoms with Crippen molar-refractivity contribution in [1.29, 1.82) is 0 Å². The predicted octanol–water partition coefficient (Wildman–Crippen LogP) is 4.03. The lowest BCUT2D eigenvalue weighted by molar-refractivity contribution is 0.654. The Labute approximate surface area is 100 Å². The molecular weight excluding hydrogens is 220 g/mol. The van der Waals surface area contributed by atoms with Crippen molar-refractivity contribution in [3.05, 3.63) is 23.8 Å². The normalized spacial score (nSPS) is 18.2. The third-order valence-electron chi connectivity index (χ3n) is 3.71. The first-order valence-electron chi connectivity index (χ1n) is 5.45. The average molecular weight is 242 g/mol. The summed E-state index contributed by atoms with van der Waals surface area (Å²) in [5.74, 6) is 0. The summed E-state index contributed by atoms with van der Waals surface area (Å²) < 4.78 is 2.38. The molecule has 0 atom stereocenters. The molecule has 0 saturated carbocycles. The fourth-order valence-electron chi connectivity index (χ4n) is 1.52. The van der Waals surface area contributed by atoms with Crippen molar-refractivity contribution in [3.63, 3.8) is 0 Å². The highest BCUT2D eigenvalue weighted by molar-refractivity contribution is 7.13. The molecule has 84 valence electrons. The minimum atomic E-state index is -1.54. The molecule has 0 amide bonds. The van der Waals surface area contributed by atoms with Crippen molar-refractivity contribution in [2.24, 2.45) is 0 Å². The van der Waals surface area contributed by atoms with Gasteiger partial charge in [0.05, 0.1) is 0 Å². The molecule has 15 heavy (non-hydrogen) atoms. The maximum absolute atomic E-state index is 6.46. The van der Waals surface area contributed by atoms with Crippen LogP contribution in [0.3, 0.4) is 0 Å². The van der Waals surface area contributed by atoms with Gasteiger partial charge in [-0.2, -0.15) is 11.5 Å². The molecule has 0 fully saturated rings. The molecule has 0 N–H and O–H groups in total. The van der Waals surface area contributed by atoms with Gasteiger partial charge in [0.2, 0.25) is 0 Å². The highest BCUT2D eigenvalue weighted by Crippen LogP contribution is 2.40. The first kappa shape index (κ1) is 12.9. The molecule has 1 nitrogen and oxygen atoms in total. The standard InChI is InChI=1S/C11H21BClNSi/c1-10-8-7-9-14(12(10)13)15(5,6)11(2,3)4/h7-9H,1-6H3. The van der Waals surface area contributed by atoms with Gasteiger partial charge in [-0.1, -0.05) is 45.4 Å². The first-order valence-corrected chi connectivity index (χ1v) is 8.84. The zero-order chi connectivity index (χ0) is 11.9. The number of nitrogens with zero attached hydrogens (tertiary/aromatic N) is 1. The van der Waals surface area contributed by atoms with Crippen molar-refractivity contribution < 1.29 is 0 Å². The zero-order valence-corrected chi connectivity index (χ0v) is 12.4. The molecule has 0 radical (unpaired) electrons. The molecule has 1 heterocycles. The summed E-state index contributed by atoms with van der Waals surface area (Å²) in [5, 5.41) is 0.322. The smallest absolute Gasteiger partial charge is 0.382 e. The van der Waals surface area contributed by atoms with Gasteiger partial charge in [-0.05, 0) is 24.2 Å². The van der Waals surface area contributed by atoms with Crippen LogP contribution in [0.15, 0.2) is 23.8 Å².